The fourth-order valence-corrected chi connectivity index (χ4v) is 5.96. The Morgan fingerprint density at radius 1 is 1.18 bits per heavy atom. The fraction of sp³-hybridized carbons (Fsp3) is 0.400. The van der Waals surface area contributed by atoms with Gasteiger partial charge in [-0.3, -0.25) is 19.5 Å². The maximum atomic E-state index is 12.1. The summed E-state index contributed by atoms with van der Waals surface area (Å²) in [5.74, 6) is 0.623. The van der Waals surface area contributed by atoms with Gasteiger partial charge in [-0.2, -0.15) is 0 Å². The van der Waals surface area contributed by atoms with Crippen molar-refractivity contribution in [3.63, 3.8) is 0 Å². The summed E-state index contributed by atoms with van der Waals surface area (Å²) in [6, 6.07) is 8.34. The van der Waals surface area contributed by atoms with Gasteiger partial charge in [0.05, 0.1) is 16.8 Å². The lowest BCUT2D eigenvalue weighted by Crippen LogP contribution is -2.42. The van der Waals surface area contributed by atoms with Crippen LogP contribution < -0.4 is 10.1 Å². The van der Waals surface area contributed by atoms with Crippen LogP contribution in [0.25, 0.3) is 21.3 Å². The van der Waals surface area contributed by atoms with Gasteiger partial charge in [-0.1, -0.05) is 11.6 Å². The number of thiophene rings is 1. The standard InChI is InChI=1S/C25H26ClN3O3S/c1-14-9-16(26)10-20(24(14)32-17-4-3-15(2)28-12-17)19-7-8-27-21-11-18(33-25(19)21)13-29-22(30)5-6-23(29)31/h7-11,15,17,28H,3-6,12-13H2,1-2H3/t15-,17?/m0/s1. The highest BCUT2D eigenvalue weighted by molar-refractivity contribution is 7.19. The number of imide groups is 1. The Bertz CT molecular complexity index is 1220. The number of hydrogen-bond acceptors (Lipinski definition) is 6. The van der Waals surface area contributed by atoms with Crippen LogP contribution in [-0.2, 0) is 16.1 Å². The van der Waals surface area contributed by atoms with Crippen LogP contribution in [0.4, 0.5) is 0 Å². The molecule has 0 spiro atoms. The van der Waals surface area contributed by atoms with E-state index in [0.717, 1.165) is 56.9 Å². The molecule has 2 amide bonds. The van der Waals surface area contributed by atoms with E-state index in [4.69, 9.17) is 16.3 Å². The van der Waals surface area contributed by atoms with Gasteiger partial charge in [0.15, 0.2) is 0 Å². The molecular formula is C25H26ClN3O3S. The van der Waals surface area contributed by atoms with Crippen molar-refractivity contribution in [1.82, 2.24) is 15.2 Å². The van der Waals surface area contributed by atoms with Crippen molar-refractivity contribution in [2.24, 2.45) is 0 Å². The molecule has 0 bridgehead atoms. The molecule has 2 fully saturated rings. The molecule has 1 unspecified atom stereocenters. The number of piperidine rings is 1. The number of benzene rings is 1. The van der Waals surface area contributed by atoms with Crippen molar-refractivity contribution in [3.05, 3.63) is 45.9 Å². The zero-order valence-corrected chi connectivity index (χ0v) is 20.3. The predicted octanol–water partition coefficient (Wildman–Crippen LogP) is 5.09. The number of ether oxygens (including phenoxy) is 1. The summed E-state index contributed by atoms with van der Waals surface area (Å²) in [6.45, 7) is 5.32. The normalized spacial score (nSPS) is 21.2. The number of hydrogen-bond donors (Lipinski definition) is 1. The molecule has 4 heterocycles. The van der Waals surface area contributed by atoms with Gasteiger partial charge < -0.3 is 10.1 Å². The van der Waals surface area contributed by atoms with Gasteiger partial charge in [-0.05, 0) is 56.5 Å². The van der Waals surface area contributed by atoms with Crippen molar-refractivity contribution in [2.45, 2.75) is 58.2 Å². The number of pyridine rings is 1. The van der Waals surface area contributed by atoms with Crippen LogP contribution in [-0.4, -0.2) is 40.4 Å². The molecule has 0 saturated carbocycles. The van der Waals surface area contributed by atoms with Crippen molar-refractivity contribution in [2.75, 3.05) is 6.54 Å². The second kappa shape index (κ2) is 9.05. The molecule has 2 saturated heterocycles. The summed E-state index contributed by atoms with van der Waals surface area (Å²) < 4.78 is 7.53. The molecular weight excluding hydrogens is 458 g/mol. The molecule has 0 aliphatic carbocycles. The largest absolute Gasteiger partial charge is 0.488 e. The van der Waals surface area contributed by atoms with Gasteiger partial charge in [0.2, 0.25) is 11.8 Å². The van der Waals surface area contributed by atoms with Crippen LogP contribution in [0, 0.1) is 6.92 Å². The molecule has 8 heteroatoms. The van der Waals surface area contributed by atoms with E-state index in [1.807, 2.05) is 31.2 Å². The lowest BCUT2D eigenvalue weighted by molar-refractivity contribution is -0.138. The molecule has 0 radical (unpaired) electrons. The third-order valence-corrected chi connectivity index (χ3v) is 7.72. The highest BCUT2D eigenvalue weighted by Gasteiger charge is 2.29. The first-order valence-corrected chi connectivity index (χ1v) is 12.5. The van der Waals surface area contributed by atoms with Crippen molar-refractivity contribution < 1.29 is 14.3 Å². The molecule has 2 aliphatic rings. The fourth-order valence-electron chi connectivity index (χ4n) is 4.56. The Morgan fingerprint density at radius 2 is 1.97 bits per heavy atom. The van der Waals surface area contributed by atoms with Crippen molar-refractivity contribution in [3.8, 4) is 16.9 Å². The van der Waals surface area contributed by atoms with E-state index in [2.05, 4.69) is 17.2 Å². The van der Waals surface area contributed by atoms with Crippen molar-refractivity contribution >= 4 is 45.0 Å². The summed E-state index contributed by atoms with van der Waals surface area (Å²) in [4.78, 5) is 31.0. The van der Waals surface area contributed by atoms with Gasteiger partial charge in [0.25, 0.3) is 0 Å². The van der Waals surface area contributed by atoms with Gasteiger partial charge >= 0.3 is 0 Å². The average molecular weight is 484 g/mol. The topological polar surface area (TPSA) is 71.5 Å². The second-order valence-corrected chi connectivity index (χ2v) is 10.5. The Kier molecular flexibility index (Phi) is 6.12. The maximum absolute atomic E-state index is 12.1. The van der Waals surface area contributed by atoms with Crippen molar-refractivity contribution in [1.29, 1.82) is 0 Å². The minimum Gasteiger partial charge on any atom is -0.488 e. The molecule has 2 atom stereocenters. The van der Waals surface area contributed by atoms with E-state index in [-0.39, 0.29) is 17.9 Å². The van der Waals surface area contributed by atoms with Gasteiger partial charge in [0.1, 0.15) is 11.9 Å². The number of nitrogens with zero attached hydrogens (tertiary/aromatic N) is 2. The predicted molar refractivity (Wildman–Crippen MR) is 131 cm³/mol. The Morgan fingerprint density at radius 3 is 2.70 bits per heavy atom. The molecule has 6 nitrogen and oxygen atoms in total. The maximum Gasteiger partial charge on any atom is 0.230 e. The van der Waals surface area contributed by atoms with E-state index in [9.17, 15) is 9.59 Å². The van der Waals surface area contributed by atoms with E-state index in [0.29, 0.717) is 30.5 Å². The first kappa shape index (κ1) is 22.3. The summed E-state index contributed by atoms with van der Waals surface area (Å²) >= 11 is 8.03. The van der Waals surface area contributed by atoms with Gasteiger partial charge in [0, 0.05) is 52.7 Å². The monoisotopic (exact) mass is 483 g/mol. The number of halogens is 1. The second-order valence-electron chi connectivity index (χ2n) is 8.89. The zero-order chi connectivity index (χ0) is 23.1. The summed E-state index contributed by atoms with van der Waals surface area (Å²) in [6.07, 6.45) is 4.55. The first-order chi connectivity index (χ1) is 15.9. The molecule has 1 aromatic carbocycles. The number of amides is 2. The van der Waals surface area contributed by atoms with Crippen LogP contribution in [0.15, 0.2) is 30.5 Å². The smallest absolute Gasteiger partial charge is 0.230 e. The number of carbonyl (C=O) groups is 2. The number of fused-ring (bicyclic) bond motifs is 1. The third-order valence-electron chi connectivity index (χ3n) is 6.36. The quantitative estimate of drug-likeness (QED) is 0.511. The first-order valence-electron chi connectivity index (χ1n) is 11.3. The van der Waals surface area contributed by atoms with Crippen LogP contribution in [0.3, 0.4) is 0 Å². The summed E-state index contributed by atoms with van der Waals surface area (Å²) in [7, 11) is 0. The van der Waals surface area contributed by atoms with E-state index in [1.54, 1.807) is 17.5 Å². The Hall–Kier alpha value is -2.48. The van der Waals surface area contributed by atoms with Gasteiger partial charge in [-0.15, -0.1) is 11.3 Å². The number of likely N-dealkylation sites (tertiary alicyclic amines) is 1. The number of aromatic nitrogens is 1. The average Bonchev–Trinajstić information content (AvgIpc) is 3.34. The molecule has 1 N–H and O–H groups in total. The number of carbonyl (C=O) groups excluding carboxylic acids is 2. The van der Waals surface area contributed by atoms with Crippen LogP contribution in [0.5, 0.6) is 5.75 Å². The minimum absolute atomic E-state index is 0.100. The molecule has 3 aromatic rings. The third kappa shape index (κ3) is 4.50. The molecule has 172 valence electrons. The number of aryl methyl sites for hydroxylation is 1. The molecule has 33 heavy (non-hydrogen) atoms. The van der Waals surface area contributed by atoms with Gasteiger partial charge in [-0.25, -0.2) is 0 Å². The van der Waals surface area contributed by atoms with Crippen LogP contribution in [0.1, 0.15) is 43.0 Å². The summed E-state index contributed by atoms with van der Waals surface area (Å²) in [5, 5.41) is 4.15. The molecule has 5 rings (SSSR count). The SMILES string of the molecule is Cc1cc(Cl)cc(-c2ccnc3cc(CN4C(=O)CCC4=O)sc23)c1OC1CC[C@H](C)NC1. The number of nitrogens with one attached hydrogen (secondary N) is 1. The molecule has 2 aromatic heterocycles. The summed E-state index contributed by atoms with van der Waals surface area (Å²) in [5.41, 5.74) is 3.76. The molecule has 2 aliphatic heterocycles. The lowest BCUT2D eigenvalue weighted by atomic mass is 10.0. The Balaban J connectivity index is 1.52. The lowest BCUT2D eigenvalue weighted by Gasteiger charge is -2.29. The van der Waals surface area contributed by atoms with E-state index >= 15 is 0 Å². The van der Waals surface area contributed by atoms with E-state index in [1.165, 1.54) is 4.90 Å². The minimum atomic E-state index is -0.109. The highest BCUT2D eigenvalue weighted by atomic mass is 35.5. The van der Waals surface area contributed by atoms with Crippen LogP contribution >= 0.6 is 22.9 Å². The Labute approximate surface area is 201 Å². The van der Waals surface area contributed by atoms with E-state index < -0.39 is 0 Å². The van der Waals surface area contributed by atoms with Crippen LogP contribution in [0.2, 0.25) is 5.02 Å². The zero-order valence-electron chi connectivity index (χ0n) is 18.7. The number of rotatable bonds is 5. The highest BCUT2D eigenvalue weighted by Crippen LogP contribution is 2.42.